The van der Waals surface area contributed by atoms with E-state index in [0.29, 0.717) is 25.8 Å². The van der Waals surface area contributed by atoms with E-state index in [-0.39, 0.29) is 6.61 Å². The molecule has 1 aromatic carbocycles. The van der Waals surface area contributed by atoms with Gasteiger partial charge in [0.25, 0.3) is 0 Å². The smallest absolute Gasteiger partial charge is 0.444 e. The lowest BCUT2D eigenvalue weighted by Crippen LogP contribution is -2.35. The van der Waals surface area contributed by atoms with E-state index in [2.05, 4.69) is 10.1 Å². The van der Waals surface area contributed by atoms with Crippen molar-refractivity contribution in [3.8, 4) is 0 Å². The molecule has 0 aliphatic heterocycles. The van der Waals surface area contributed by atoms with Crippen molar-refractivity contribution in [2.75, 3.05) is 6.54 Å². The van der Waals surface area contributed by atoms with Crippen LogP contribution in [0.1, 0.15) is 45.6 Å². The number of hydrogen-bond donors (Lipinski definition) is 2. The molecular weight excluding hydrogens is 352 g/mol. The number of esters is 1. The van der Waals surface area contributed by atoms with E-state index in [9.17, 15) is 14.4 Å². The molecule has 0 radical (unpaired) electrons. The molecular formula is C19H28N2O6. The molecule has 0 saturated heterocycles. The third-order valence-corrected chi connectivity index (χ3v) is 3.30. The van der Waals surface area contributed by atoms with Crippen LogP contribution in [0.2, 0.25) is 0 Å². The SMILES string of the molecule is CC(C)(C)OC(=O)NCCCC[C@H](N)C(=O)OC(=O)OCc1ccccc1. The number of unbranched alkanes of at least 4 members (excludes halogenated alkanes) is 1. The van der Waals surface area contributed by atoms with Crippen LogP contribution in [0.15, 0.2) is 30.3 Å². The summed E-state index contributed by atoms with van der Waals surface area (Å²) in [6.07, 6.45) is -0.0665. The fraction of sp³-hybridized carbons (Fsp3) is 0.526. The first-order valence-electron chi connectivity index (χ1n) is 8.82. The van der Waals surface area contributed by atoms with Gasteiger partial charge >= 0.3 is 18.2 Å². The van der Waals surface area contributed by atoms with Gasteiger partial charge in [-0.15, -0.1) is 0 Å². The predicted molar refractivity (Wildman–Crippen MR) is 98.8 cm³/mol. The first-order valence-corrected chi connectivity index (χ1v) is 8.82. The lowest BCUT2D eigenvalue weighted by Gasteiger charge is -2.19. The van der Waals surface area contributed by atoms with Crippen molar-refractivity contribution < 1.29 is 28.6 Å². The first-order chi connectivity index (χ1) is 12.7. The molecule has 0 heterocycles. The highest BCUT2D eigenvalue weighted by Crippen LogP contribution is 2.07. The van der Waals surface area contributed by atoms with Crippen LogP contribution in [0, 0.1) is 0 Å². The number of rotatable bonds is 8. The number of nitrogens with one attached hydrogen (secondary N) is 1. The fourth-order valence-electron chi connectivity index (χ4n) is 2.02. The van der Waals surface area contributed by atoms with Gasteiger partial charge in [0.1, 0.15) is 18.2 Å². The van der Waals surface area contributed by atoms with Crippen molar-refractivity contribution in [1.82, 2.24) is 5.32 Å². The van der Waals surface area contributed by atoms with E-state index in [1.54, 1.807) is 32.9 Å². The highest BCUT2D eigenvalue weighted by atomic mass is 16.7. The Morgan fingerprint density at radius 2 is 1.78 bits per heavy atom. The summed E-state index contributed by atoms with van der Waals surface area (Å²) in [6, 6.07) is 8.09. The van der Waals surface area contributed by atoms with E-state index < -0.39 is 29.9 Å². The molecule has 0 unspecified atom stereocenters. The zero-order valence-electron chi connectivity index (χ0n) is 16.0. The maximum absolute atomic E-state index is 11.8. The second kappa shape index (κ2) is 11.2. The average molecular weight is 380 g/mol. The third kappa shape index (κ3) is 10.9. The predicted octanol–water partition coefficient (Wildman–Crippen LogP) is 2.89. The van der Waals surface area contributed by atoms with Gasteiger partial charge < -0.3 is 25.3 Å². The molecule has 8 nitrogen and oxygen atoms in total. The Kier molecular flexibility index (Phi) is 9.29. The maximum Gasteiger partial charge on any atom is 0.516 e. The summed E-state index contributed by atoms with van der Waals surface area (Å²) in [5.41, 5.74) is 5.93. The summed E-state index contributed by atoms with van der Waals surface area (Å²) in [4.78, 5) is 34.7. The Morgan fingerprint density at radius 1 is 1.11 bits per heavy atom. The lowest BCUT2D eigenvalue weighted by atomic mass is 10.1. The molecule has 1 atom stereocenters. The van der Waals surface area contributed by atoms with Crippen LogP contribution >= 0.6 is 0 Å². The molecule has 0 spiro atoms. The van der Waals surface area contributed by atoms with Crippen LogP contribution in [0.5, 0.6) is 0 Å². The Balaban J connectivity index is 2.15. The van der Waals surface area contributed by atoms with E-state index in [0.717, 1.165) is 5.56 Å². The lowest BCUT2D eigenvalue weighted by molar-refractivity contribution is -0.141. The van der Waals surface area contributed by atoms with Crippen molar-refractivity contribution in [2.24, 2.45) is 5.73 Å². The van der Waals surface area contributed by atoms with Crippen molar-refractivity contribution in [3.63, 3.8) is 0 Å². The van der Waals surface area contributed by atoms with Crippen molar-refractivity contribution >= 4 is 18.2 Å². The minimum absolute atomic E-state index is 0.0124. The molecule has 0 fully saturated rings. The molecule has 1 aromatic rings. The van der Waals surface area contributed by atoms with E-state index in [1.807, 2.05) is 18.2 Å². The van der Waals surface area contributed by atoms with E-state index in [4.69, 9.17) is 15.2 Å². The maximum atomic E-state index is 11.8. The molecule has 27 heavy (non-hydrogen) atoms. The molecule has 0 saturated carbocycles. The number of amides is 1. The van der Waals surface area contributed by atoms with Gasteiger partial charge in [-0.25, -0.2) is 14.4 Å². The Hall–Kier alpha value is -2.61. The van der Waals surface area contributed by atoms with Gasteiger partial charge in [0.05, 0.1) is 0 Å². The van der Waals surface area contributed by atoms with Gasteiger partial charge in [0, 0.05) is 6.54 Å². The van der Waals surface area contributed by atoms with Crippen LogP contribution in [0.3, 0.4) is 0 Å². The molecule has 0 aliphatic carbocycles. The number of hydrogen-bond acceptors (Lipinski definition) is 7. The second-order valence-corrected chi connectivity index (χ2v) is 6.98. The summed E-state index contributed by atoms with van der Waals surface area (Å²) < 4.78 is 14.5. The monoisotopic (exact) mass is 380 g/mol. The second-order valence-electron chi connectivity index (χ2n) is 6.98. The van der Waals surface area contributed by atoms with E-state index in [1.165, 1.54) is 0 Å². The molecule has 0 aliphatic rings. The van der Waals surface area contributed by atoms with Crippen molar-refractivity contribution in [2.45, 2.75) is 58.3 Å². The highest BCUT2D eigenvalue weighted by Gasteiger charge is 2.20. The largest absolute Gasteiger partial charge is 0.516 e. The first kappa shape index (κ1) is 22.4. The number of carbonyl (C=O) groups excluding carboxylic acids is 3. The minimum atomic E-state index is -1.08. The summed E-state index contributed by atoms with van der Waals surface area (Å²) in [7, 11) is 0. The molecule has 1 amide bonds. The Bertz CT molecular complexity index is 612. The zero-order valence-corrected chi connectivity index (χ0v) is 16.0. The standard InChI is InChI=1S/C19H28N2O6/c1-19(2,3)27-17(23)21-12-8-7-11-15(20)16(22)26-18(24)25-13-14-9-5-4-6-10-14/h4-6,9-10,15H,7-8,11-13,20H2,1-3H3,(H,21,23)/t15-/m0/s1. The minimum Gasteiger partial charge on any atom is -0.444 e. The zero-order chi connectivity index (χ0) is 20.3. The molecule has 150 valence electrons. The summed E-state index contributed by atoms with van der Waals surface area (Å²) in [5, 5.41) is 2.61. The van der Waals surface area contributed by atoms with Gasteiger partial charge in [-0.1, -0.05) is 30.3 Å². The van der Waals surface area contributed by atoms with Crippen LogP contribution < -0.4 is 11.1 Å². The summed E-state index contributed by atoms with van der Waals surface area (Å²) in [6.45, 7) is 5.75. The number of alkyl carbamates (subject to hydrolysis) is 1. The van der Waals surface area contributed by atoms with Crippen LogP contribution in [0.4, 0.5) is 9.59 Å². The van der Waals surface area contributed by atoms with Crippen LogP contribution in [0.25, 0.3) is 0 Å². The number of nitrogens with two attached hydrogens (primary N) is 1. The van der Waals surface area contributed by atoms with Crippen LogP contribution in [-0.2, 0) is 25.6 Å². The number of benzene rings is 1. The van der Waals surface area contributed by atoms with Gasteiger partial charge in [-0.2, -0.15) is 0 Å². The molecule has 0 aromatic heterocycles. The molecule has 8 heteroatoms. The molecule has 3 N–H and O–H groups in total. The third-order valence-electron chi connectivity index (χ3n) is 3.30. The van der Waals surface area contributed by atoms with Gasteiger partial charge in [0.2, 0.25) is 0 Å². The topological polar surface area (TPSA) is 117 Å². The average Bonchev–Trinajstić information content (AvgIpc) is 2.58. The van der Waals surface area contributed by atoms with Gasteiger partial charge in [0.15, 0.2) is 0 Å². The van der Waals surface area contributed by atoms with E-state index >= 15 is 0 Å². The normalized spacial score (nSPS) is 12.0. The van der Waals surface area contributed by atoms with Crippen molar-refractivity contribution in [3.05, 3.63) is 35.9 Å². The summed E-state index contributed by atoms with van der Waals surface area (Å²) >= 11 is 0. The number of ether oxygens (including phenoxy) is 3. The van der Waals surface area contributed by atoms with Gasteiger partial charge in [-0.05, 0) is 45.6 Å². The summed E-state index contributed by atoms with van der Waals surface area (Å²) in [5.74, 6) is -0.840. The van der Waals surface area contributed by atoms with Gasteiger partial charge in [-0.3, -0.25) is 0 Å². The molecule has 0 bridgehead atoms. The number of carbonyl (C=O) groups is 3. The Labute approximate surface area is 159 Å². The Morgan fingerprint density at radius 3 is 2.41 bits per heavy atom. The highest BCUT2D eigenvalue weighted by molar-refractivity contribution is 5.85. The molecule has 1 rings (SSSR count). The van der Waals surface area contributed by atoms with Crippen molar-refractivity contribution in [1.29, 1.82) is 0 Å². The quantitative estimate of drug-likeness (QED) is 0.404. The van der Waals surface area contributed by atoms with Crippen LogP contribution in [-0.4, -0.2) is 36.4 Å². The fourth-order valence-corrected chi connectivity index (χ4v) is 2.02.